The van der Waals surface area contributed by atoms with Crippen LogP contribution in [-0.4, -0.2) is 63.1 Å². The summed E-state index contributed by atoms with van der Waals surface area (Å²) in [5.41, 5.74) is 0.639. The molecule has 11 heteroatoms. The lowest BCUT2D eigenvalue weighted by Gasteiger charge is -2.37. The summed E-state index contributed by atoms with van der Waals surface area (Å²) in [6.07, 6.45) is 0. The summed E-state index contributed by atoms with van der Waals surface area (Å²) in [4.78, 5) is 20.8. The van der Waals surface area contributed by atoms with Gasteiger partial charge < -0.3 is 25.2 Å². The van der Waals surface area contributed by atoms with E-state index in [1.807, 2.05) is 36.1 Å². The maximum absolute atomic E-state index is 13.8. The van der Waals surface area contributed by atoms with Crippen LogP contribution in [0.5, 0.6) is 5.75 Å². The number of guanidine groups is 1. The summed E-state index contributed by atoms with van der Waals surface area (Å²) >= 11 is 0. The van der Waals surface area contributed by atoms with Gasteiger partial charge in [0.2, 0.25) is 5.91 Å². The van der Waals surface area contributed by atoms with E-state index >= 15 is 0 Å². The van der Waals surface area contributed by atoms with Gasteiger partial charge in [0.25, 0.3) is 0 Å². The Morgan fingerprint density at radius 1 is 1.09 bits per heavy atom. The van der Waals surface area contributed by atoms with Crippen LogP contribution in [0, 0.1) is 17.5 Å². The minimum Gasteiger partial charge on any atom is -0.497 e. The Balaban J connectivity index is 0.00000385. The Labute approximate surface area is 208 Å². The second-order valence-electron chi connectivity index (χ2n) is 7.12. The molecule has 0 spiro atoms. The molecule has 0 bridgehead atoms. The number of nitrogens with zero attached hydrogens (tertiary/aromatic N) is 3. The third-order valence-electron chi connectivity index (χ3n) is 5.01. The number of hydrogen-bond donors (Lipinski definition) is 2. The number of amides is 1. The van der Waals surface area contributed by atoms with Crippen molar-refractivity contribution in [2.75, 3.05) is 56.6 Å². The highest BCUT2D eigenvalue weighted by Crippen LogP contribution is 2.22. The summed E-state index contributed by atoms with van der Waals surface area (Å²) in [5.74, 6) is -3.68. The van der Waals surface area contributed by atoms with E-state index in [9.17, 15) is 18.0 Å². The molecule has 2 aromatic rings. The quantitative estimate of drug-likeness (QED) is 0.239. The lowest BCUT2D eigenvalue weighted by Crippen LogP contribution is -2.52. The topological polar surface area (TPSA) is 69.2 Å². The van der Waals surface area contributed by atoms with Gasteiger partial charge in [-0.3, -0.25) is 4.79 Å². The van der Waals surface area contributed by atoms with Gasteiger partial charge >= 0.3 is 0 Å². The van der Waals surface area contributed by atoms with Gasteiger partial charge in [-0.05, 0) is 31.2 Å². The molecule has 2 N–H and O–H groups in total. The van der Waals surface area contributed by atoms with Crippen molar-refractivity contribution in [1.29, 1.82) is 0 Å². The molecule has 1 aliphatic heterocycles. The molecule has 1 aliphatic rings. The normalized spacial score (nSPS) is 13.9. The summed E-state index contributed by atoms with van der Waals surface area (Å²) < 4.78 is 45.4. The average molecular weight is 577 g/mol. The lowest BCUT2D eigenvalue weighted by molar-refractivity contribution is -0.114. The van der Waals surface area contributed by atoms with Crippen LogP contribution in [0.3, 0.4) is 0 Å². The van der Waals surface area contributed by atoms with Gasteiger partial charge in [-0.1, -0.05) is 6.07 Å². The van der Waals surface area contributed by atoms with Crippen LogP contribution >= 0.6 is 24.0 Å². The lowest BCUT2D eigenvalue weighted by atomic mass is 10.2. The number of aliphatic imine (C=N–C) groups is 1. The van der Waals surface area contributed by atoms with Gasteiger partial charge in [-0.2, -0.15) is 0 Å². The summed E-state index contributed by atoms with van der Waals surface area (Å²) in [5, 5.41) is 5.37. The fourth-order valence-corrected chi connectivity index (χ4v) is 3.37. The second-order valence-corrected chi connectivity index (χ2v) is 7.12. The number of benzene rings is 2. The summed E-state index contributed by atoms with van der Waals surface area (Å²) in [7, 11) is 1.63. The van der Waals surface area contributed by atoms with Gasteiger partial charge in [0, 0.05) is 44.5 Å². The minimum absolute atomic E-state index is 0. The maximum atomic E-state index is 13.8. The fourth-order valence-electron chi connectivity index (χ4n) is 3.37. The molecule has 7 nitrogen and oxygen atoms in total. The SMILES string of the molecule is CCNC(=NCC(=O)Nc1ccc(F)c(F)c1F)N1CCN(c2cccc(OC)c2)CC1.I. The number of piperazine rings is 1. The van der Waals surface area contributed by atoms with Gasteiger partial charge in [0.1, 0.15) is 12.3 Å². The smallest absolute Gasteiger partial charge is 0.246 e. The van der Waals surface area contributed by atoms with Crippen LogP contribution in [0.15, 0.2) is 41.4 Å². The highest BCUT2D eigenvalue weighted by molar-refractivity contribution is 14.0. The second kappa shape index (κ2) is 12.5. The monoisotopic (exact) mass is 577 g/mol. The van der Waals surface area contributed by atoms with Crippen molar-refractivity contribution in [1.82, 2.24) is 10.2 Å². The molecule has 2 aromatic carbocycles. The van der Waals surface area contributed by atoms with E-state index < -0.39 is 29.0 Å². The predicted octanol–water partition coefficient (Wildman–Crippen LogP) is 3.46. The molecule has 3 rings (SSSR count). The van der Waals surface area contributed by atoms with Crippen molar-refractivity contribution in [3.8, 4) is 5.75 Å². The number of nitrogens with one attached hydrogen (secondary N) is 2. The van der Waals surface area contributed by atoms with E-state index in [1.54, 1.807) is 7.11 Å². The highest BCUT2D eigenvalue weighted by Gasteiger charge is 2.21. The van der Waals surface area contributed by atoms with Gasteiger partial charge in [-0.25, -0.2) is 18.2 Å². The van der Waals surface area contributed by atoms with E-state index in [0.29, 0.717) is 25.6 Å². The molecule has 180 valence electrons. The summed E-state index contributed by atoms with van der Waals surface area (Å²) in [6.45, 7) is 5.10. The fraction of sp³-hybridized carbons (Fsp3) is 0.364. The molecule has 0 aromatic heterocycles. The number of carbonyl (C=O) groups excluding carboxylic acids is 1. The average Bonchev–Trinajstić information content (AvgIpc) is 2.82. The molecule has 0 atom stereocenters. The van der Waals surface area contributed by atoms with Crippen molar-refractivity contribution in [2.45, 2.75) is 6.92 Å². The van der Waals surface area contributed by atoms with Crippen molar-refractivity contribution in [3.05, 3.63) is 53.8 Å². The van der Waals surface area contributed by atoms with E-state index in [2.05, 4.69) is 20.5 Å². The number of rotatable bonds is 6. The molecular formula is C22H27F3IN5O2. The van der Waals surface area contributed by atoms with E-state index in [0.717, 1.165) is 36.7 Å². The molecular weight excluding hydrogens is 550 g/mol. The first-order valence-electron chi connectivity index (χ1n) is 10.3. The molecule has 1 fully saturated rings. The molecule has 33 heavy (non-hydrogen) atoms. The third kappa shape index (κ3) is 6.89. The Kier molecular flexibility index (Phi) is 10.1. The third-order valence-corrected chi connectivity index (χ3v) is 5.01. The van der Waals surface area contributed by atoms with Crippen molar-refractivity contribution in [2.24, 2.45) is 4.99 Å². The largest absolute Gasteiger partial charge is 0.497 e. The Morgan fingerprint density at radius 2 is 1.82 bits per heavy atom. The number of methoxy groups -OCH3 is 1. The number of anilines is 2. The minimum atomic E-state index is -1.63. The zero-order chi connectivity index (χ0) is 23.1. The molecule has 1 amide bonds. The van der Waals surface area contributed by atoms with Gasteiger partial charge in [0.05, 0.1) is 12.8 Å². The first kappa shape index (κ1) is 26.6. The van der Waals surface area contributed by atoms with Crippen LogP contribution in [0.25, 0.3) is 0 Å². The predicted molar refractivity (Wildman–Crippen MR) is 133 cm³/mol. The maximum Gasteiger partial charge on any atom is 0.246 e. The van der Waals surface area contributed by atoms with E-state index in [1.165, 1.54) is 0 Å². The molecule has 0 radical (unpaired) electrons. The Bertz CT molecular complexity index is 984. The van der Waals surface area contributed by atoms with Crippen molar-refractivity contribution >= 4 is 47.2 Å². The number of hydrogen-bond acceptors (Lipinski definition) is 4. The van der Waals surface area contributed by atoms with E-state index in [-0.39, 0.29) is 30.5 Å². The molecule has 1 heterocycles. The number of carbonyl (C=O) groups is 1. The molecule has 0 unspecified atom stereocenters. The Morgan fingerprint density at radius 3 is 2.48 bits per heavy atom. The molecule has 0 aliphatic carbocycles. The zero-order valence-corrected chi connectivity index (χ0v) is 20.7. The number of halogens is 4. The van der Waals surface area contributed by atoms with Crippen LogP contribution in [0.2, 0.25) is 0 Å². The first-order chi connectivity index (χ1) is 15.4. The van der Waals surface area contributed by atoms with Crippen molar-refractivity contribution in [3.63, 3.8) is 0 Å². The summed E-state index contributed by atoms with van der Waals surface area (Å²) in [6, 6.07) is 9.57. The molecule has 0 saturated carbocycles. The Hall–Kier alpha value is -2.70. The van der Waals surface area contributed by atoms with E-state index in [4.69, 9.17) is 4.74 Å². The van der Waals surface area contributed by atoms with Crippen LogP contribution < -0.4 is 20.3 Å². The standard InChI is InChI=1S/C22H26F3N5O2.HI/c1-3-26-22(27-14-19(31)28-18-8-7-17(23)20(24)21(18)25)30-11-9-29(10-12-30)15-5-4-6-16(13-15)32-2;/h4-8,13H,3,9-12,14H2,1-2H3,(H,26,27)(H,28,31);1H. The zero-order valence-electron chi connectivity index (χ0n) is 18.4. The number of ether oxygens (including phenoxy) is 1. The van der Waals surface area contributed by atoms with Crippen LogP contribution in [0.1, 0.15) is 6.92 Å². The van der Waals surface area contributed by atoms with Gasteiger partial charge in [-0.15, -0.1) is 24.0 Å². The first-order valence-corrected chi connectivity index (χ1v) is 10.3. The molecule has 1 saturated heterocycles. The van der Waals surface area contributed by atoms with Gasteiger partial charge in [0.15, 0.2) is 23.4 Å². The van der Waals surface area contributed by atoms with Crippen molar-refractivity contribution < 1.29 is 22.7 Å². The van der Waals surface area contributed by atoms with Crippen LogP contribution in [-0.2, 0) is 4.79 Å². The van der Waals surface area contributed by atoms with Crippen LogP contribution in [0.4, 0.5) is 24.5 Å². The highest BCUT2D eigenvalue weighted by atomic mass is 127.